The van der Waals surface area contributed by atoms with Crippen LogP contribution in [0.2, 0.25) is 0 Å². The third-order valence-corrected chi connectivity index (χ3v) is 4.18. The van der Waals surface area contributed by atoms with E-state index in [1.54, 1.807) is 18.3 Å². The smallest absolute Gasteiger partial charge is 0.228 e. The summed E-state index contributed by atoms with van der Waals surface area (Å²) in [7, 11) is 0. The van der Waals surface area contributed by atoms with Gasteiger partial charge >= 0.3 is 0 Å². The molecule has 0 saturated carbocycles. The van der Waals surface area contributed by atoms with Crippen LogP contribution in [0, 0.1) is 0 Å². The van der Waals surface area contributed by atoms with E-state index in [0.29, 0.717) is 30.2 Å². The van der Waals surface area contributed by atoms with Gasteiger partial charge in [-0.2, -0.15) is 0 Å². The number of aromatic nitrogens is 1. The topological polar surface area (TPSA) is 80.3 Å². The molecule has 26 heavy (non-hydrogen) atoms. The second-order valence-electron chi connectivity index (χ2n) is 6.08. The molecule has 2 aromatic carbocycles. The number of carbonyl (C=O) groups is 2. The number of nitrogens with one attached hydrogen (secondary N) is 2. The summed E-state index contributed by atoms with van der Waals surface area (Å²) in [4.78, 5) is 28.5. The number of ether oxygens (including phenoxy) is 1. The first-order valence-corrected chi connectivity index (χ1v) is 8.38. The molecule has 0 saturated heterocycles. The fourth-order valence-electron chi connectivity index (χ4n) is 2.96. The second-order valence-corrected chi connectivity index (χ2v) is 6.08. The van der Waals surface area contributed by atoms with E-state index in [1.165, 1.54) is 0 Å². The van der Waals surface area contributed by atoms with Gasteiger partial charge in [0.25, 0.3) is 0 Å². The highest BCUT2D eigenvalue weighted by Gasteiger charge is 2.15. The zero-order chi connectivity index (χ0) is 17.9. The summed E-state index contributed by atoms with van der Waals surface area (Å²) in [5.74, 6) is 0.384. The Bertz CT molecular complexity index is 995. The number of anilines is 2. The number of para-hydroxylation sites is 1. The van der Waals surface area contributed by atoms with E-state index in [-0.39, 0.29) is 18.2 Å². The first-order chi connectivity index (χ1) is 12.7. The van der Waals surface area contributed by atoms with Gasteiger partial charge in [-0.3, -0.25) is 14.6 Å². The Kier molecular flexibility index (Phi) is 4.23. The second kappa shape index (κ2) is 6.84. The molecule has 130 valence electrons. The van der Waals surface area contributed by atoms with Crippen LogP contribution in [0.15, 0.2) is 54.7 Å². The maximum absolute atomic E-state index is 12.5. The molecule has 3 aromatic rings. The summed E-state index contributed by atoms with van der Waals surface area (Å²) in [6, 6.07) is 14.9. The summed E-state index contributed by atoms with van der Waals surface area (Å²) in [5.41, 5.74) is 2.83. The molecule has 6 nitrogen and oxygen atoms in total. The Labute approximate surface area is 150 Å². The van der Waals surface area contributed by atoms with Crippen LogP contribution < -0.4 is 15.4 Å². The van der Waals surface area contributed by atoms with Crippen LogP contribution >= 0.6 is 0 Å². The van der Waals surface area contributed by atoms with Crippen LogP contribution in [0.4, 0.5) is 11.4 Å². The largest absolute Gasteiger partial charge is 0.491 e. The van der Waals surface area contributed by atoms with Crippen molar-refractivity contribution in [3.05, 3.63) is 60.3 Å². The molecule has 1 aliphatic heterocycles. The number of amides is 2. The molecule has 2 N–H and O–H groups in total. The monoisotopic (exact) mass is 347 g/mol. The fraction of sp³-hybridized carbons (Fsp3) is 0.150. The average Bonchev–Trinajstić information content (AvgIpc) is 2.82. The Morgan fingerprint density at radius 3 is 3.00 bits per heavy atom. The minimum atomic E-state index is -0.149. The maximum atomic E-state index is 12.5. The van der Waals surface area contributed by atoms with Crippen molar-refractivity contribution >= 4 is 34.1 Å². The molecule has 2 heterocycles. The average molecular weight is 347 g/mol. The molecule has 4 rings (SSSR count). The van der Waals surface area contributed by atoms with Gasteiger partial charge in [0.2, 0.25) is 11.8 Å². The fourth-order valence-corrected chi connectivity index (χ4v) is 2.96. The number of nitrogens with zero attached hydrogens (tertiary/aromatic N) is 1. The molecular formula is C20H17N3O3. The van der Waals surface area contributed by atoms with Crippen molar-refractivity contribution in [2.24, 2.45) is 0 Å². The van der Waals surface area contributed by atoms with Crippen LogP contribution in [0.3, 0.4) is 0 Å². The van der Waals surface area contributed by atoms with Gasteiger partial charge in [0.1, 0.15) is 5.75 Å². The summed E-state index contributed by atoms with van der Waals surface area (Å²) in [6.07, 6.45) is 2.21. The molecule has 0 bridgehead atoms. The number of fused-ring (bicyclic) bond motifs is 2. The van der Waals surface area contributed by atoms with E-state index >= 15 is 0 Å². The molecule has 0 aliphatic carbocycles. The summed E-state index contributed by atoms with van der Waals surface area (Å²) >= 11 is 0. The van der Waals surface area contributed by atoms with Crippen molar-refractivity contribution < 1.29 is 14.3 Å². The Balaban J connectivity index is 1.52. The molecule has 0 unspecified atom stereocenters. The van der Waals surface area contributed by atoms with Crippen molar-refractivity contribution in [1.29, 1.82) is 0 Å². The van der Waals surface area contributed by atoms with Gasteiger partial charge in [0, 0.05) is 11.6 Å². The minimum absolute atomic E-state index is 0.0906. The van der Waals surface area contributed by atoms with Crippen LogP contribution in [0.25, 0.3) is 10.9 Å². The molecule has 0 radical (unpaired) electrons. The zero-order valence-electron chi connectivity index (χ0n) is 14.0. The van der Waals surface area contributed by atoms with Gasteiger partial charge in [-0.05, 0) is 29.8 Å². The lowest BCUT2D eigenvalue weighted by molar-refractivity contribution is -0.116. The molecule has 6 heteroatoms. The molecular weight excluding hydrogens is 330 g/mol. The van der Waals surface area contributed by atoms with E-state index in [2.05, 4.69) is 15.6 Å². The lowest BCUT2D eigenvalue weighted by Crippen LogP contribution is -2.15. The third-order valence-electron chi connectivity index (χ3n) is 4.18. The van der Waals surface area contributed by atoms with E-state index in [4.69, 9.17) is 4.74 Å². The Morgan fingerprint density at radius 2 is 2.08 bits per heavy atom. The summed E-state index contributed by atoms with van der Waals surface area (Å²) < 4.78 is 5.53. The van der Waals surface area contributed by atoms with Crippen molar-refractivity contribution in [3.63, 3.8) is 0 Å². The highest BCUT2D eigenvalue weighted by atomic mass is 16.5. The summed E-state index contributed by atoms with van der Waals surface area (Å²) in [5, 5.41) is 6.69. The van der Waals surface area contributed by atoms with E-state index in [1.807, 2.05) is 36.4 Å². The zero-order valence-corrected chi connectivity index (χ0v) is 14.0. The lowest BCUT2D eigenvalue weighted by atomic mass is 10.1. The molecule has 2 amide bonds. The first kappa shape index (κ1) is 16.1. The van der Waals surface area contributed by atoms with Gasteiger partial charge in [0.05, 0.1) is 36.3 Å². The van der Waals surface area contributed by atoms with E-state index < -0.39 is 0 Å². The van der Waals surface area contributed by atoms with Gasteiger partial charge in [-0.15, -0.1) is 0 Å². The first-order valence-electron chi connectivity index (χ1n) is 8.38. The number of pyridine rings is 1. The van der Waals surface area contributed by atoms with Gasteiger partial charge in [-0.1, -0.05) is 24.3 Å². The van der Waals surface area contributed by atoms with Gasteiger partial charge in [0.15, 0.2) is 0 Å². The molecule has 1 aliphatic rings. The van der Waals surface area contributed by atoms with Gasteiger partial charge < -0.3 is 15.4 Å². The van der Waals surface area contributed by atoms with E-state index in [0.717, 1.165) is 16.5 Å². The SMILES string of the molecule is O=C1CCOc2ccc(CC(=O)Nc3cccc4cccnc34)cc2N1. The number of benzene rings is 2. The maximum Gasteiger partial charge on any atom is 0.228 e. The van der Waals surface area contributed by atoms with Gasteiger partial charge in [-0.25, -0.2) is 0 Å². The Morgan fingerprint density at radius 1 is 1.19 bits per heavy atom. The third kappa shape index (κ3) is 3.35. The number of carbonyl (C=O) groups excluding carboxylic acids is 2. The van der Waals surface area contributed by atoms with Crippen LogP contribution in [-0.2, 0) is 16.0 Å². The van der Waals surface area contributed by atoms with Crippen LogP contribution in [0.5, 0.6) is 5.75 Å². The number of hydrogen-bond donors (Lipinski definition) is 2. The lowest BCUT2D eigenvalue weighted by Gasteiger charge is -2.11. The standard InChI is InChI=1S/C20H17N3O3/c24-18-8-10-26-17-7-6-13(11-16(17)23-18)12-19(25)22-15-5-1-3-14-4-2-9-21-20(14)15/h1-7,9,11H,8,10,12H2,(H,22,25)(H,23,24). The number of hydrogen-bond acceptors (Lipinski definition) is 4. The quantitative estimate of drug-likeness (QED) is 0.763. The van der Waals surface area contributed by atoms with Crippen molar-refractivity contribution in [2.75, 3.05) is 17.2 Å². The molecule has 0 atom stereocenters. The molecule has 0 spiro atoms. The normalized spacial score (nSPS) is 13.3. The van der Waals surface area contributed by atoms with E-state index in [9.17, 15) is 9.59 Å². The predicted molar refractivity (Wildman–Crippen MR) is 99.3 cm³/mol. The molecule has 1 aromatic heterocycles. The van der Waals surface area contributed by atoms with Crippen molar-refractivity contribution in [3.8, 4) is 5.75 Å². The highest BCUT2D eigenvalue weighted by molar-refractivity contribution is 6.01. The predicted octanol–water partition coefficient (Wildman–Crippen LogP) is 3.14. The molecule has 0 fully saturated rings. The summed E-state index contributed by atoms with van der Waals surface area (Å²) in [6.45, 7) is 0.354. The van der Waals surface area contributed by atoms with Crippen molar-refractivity contribution in [2.45, 2.75) is 12.8 Å². The highest BCUT2D eigenvalue weighted by Crippen LogP contribution is 2.28. The van der Waals surface area contributed by atoms with Crippen LogP contribution in [0.1, 0.15) is 12.0 Å². The van der Waals surface area contributed by atoms with Crippen LogP contribution in [-0.4, -0.2) is 23.4 Å². The van der Waals surface area contributed by atoms with Crippen molar-refractivity contribution in [1.82, 2.24) is 4.98 Å². The Hall–Kier alpha value is -3.41. The minimum Gasteiger partial charge on any atom is -0.491 e. The number of rotatable bonds is 3.